The molecule has 19 heavy (non-hydrogen) atoms. The number of Topliss-reactive ketones (excluding diaryl/α,β-unsaturated/α-hetero) is 1. The van der Waals surface area contributed by atoms with Crippen molar-refractivity contribution in [2.45, 2.75) is 18.9 Å². The van der Waals surface area contributed by atoms with Gasteiger partial charge in [0, 0.05) is 20.5 Å². The summed E-state index contributed by atoms with van der Waals surface area (Å²) < 4.78 is 4.87. The van der Waals surface area contributed by atoms with Crippen LogP contribution in [0.25, 0.3) is 0 Å². The molecule has 4 nitrogen and oxygen atoms in total. The van der Waals surface area contributed by atoms with Crippen molar-refractivity contribution in [2.75, 3.05) is 13.7 Å². The summed E-state index contributed by atoms with van der Waals surface area (Å²) in [5.41, 5.74) is -1.31. The van der Waals surface area contributed by atoms with Gasteiger partial charge in [-0.25, -0.2) is 4.79 Å². The molecule has 0 fully saturated rings. The Morgan fingerprint density at radius 1 is 1.32 bits per heavy atom. The first-order valence-corrected chi connectivity index (χ1v) is 9.72. The molecule has 8 heteroatoms. The topological polar surface area (TPSA) is 55.4 Å². The molecule has 0 saturated carbocycles. The van der Waals surface area contributed by atoms with E-state index in [0.29, 0.717) is 0 Å². The second-order valence-corrected chi connectivity index (χ2v) is 7.50. The molecule has 1 N–H and O–H groups in total. The Kier molecular flexibility index (Phi) is 13.9. The van der Waals surface area contributed by atoms with Crippen molar-refractivity contribution < 1.29 is 14.3 Å². The number of rotatable bonds is 8. The fraction of sp³-hybridized carbons (Fsp3) is 0.455. The summed E-state index contributed by atoms with van der Waals surface area (Å²) in [7, 11) is 3.28. The molecule has 0 spiro atoms. The van der Waals surface area contributed by atoms with E-state index in [9.17, 15) is 9.59 Å². The highest BCUT2D eigenvalue weighted by atomic mass is 32.7. The highest BCUT2D eigenvalue weighted by Gasteiger charge is 2.42. The van der Waals surface area contributed by atoms with Crippen molar-refractivity contribution in [1.29, 1.82) is 0 Å². The molecule has 0 saturated heterocycles. The number of hydrogen-bond donors (Lipinski definition) is 1. The van der Waals surface area contributed by atoms with Crippen molar-refractivity contribution in [2.24, 2.45) is 0 Å². The Balaban J connectivity index is 0. The Morgan fingerprint density at radius 2 is 1.84 bits per heavy atom. The van der Waals surface area contributed by atoms with Gasteiger partial charge in [0.25, 0.3) is 0 Å². The molecule has 106 valence electrons. The number of ether oxygens (including phenoxy) is 1. The maximum Gasteiger partial charge on any atom is 0.334 e. The lowest BCUT2D eigenvalue weighted by Crippen LogP contribution is -2.56. The molecule has 0 aromatic heterocycles. The average Bonchev–Trinajstić information content (AvgIpc) is 2.41. The maximum absolute atomic E-state index is 11.7. The zero-order valence-corrected chi connectivity index (χ0v) is 14.3. The van der Waals surface area contributed by atoms with Crippen LogP contribution in [-0.4, -0.2) is 30.9 Å². The van der Waals surface area contributed by atoms with Gasteiger partial charge in [-0.15, -0.1) is 6.58 Å². The molecular formula is C11H17NO3P2S2. The molecule has 0 amide bonds. The zero-order valence-electron chi connectivity index (χ0n) is 10.9. The van der Waals surface area contributed by atoms with Gasteiger partial charge >= 0.3 is 5.97 Å². The third kappa shape index (κ3) is 7.71. The number of carbonyl (C=O) groups is 2. The predicted octanol–water partition coefficient (Wildman–Crippen LogP) is 2.56. The van der Waals surface area contributed by atoms with Crippen LogP contribution < -0.4 is 5.32 Å². The van der Waals surface area contributed by atoms with E-state index in [4.69, 9.17) is 4.74 Å². The maximum atomic E-state index is 11.7. The van der Waals surface area contributed by atoms with Crippen LogP contribution in [0.15, 0.2) is 25.3 Å². The van der Waals surface area contributed by atoms with E-state index in [-0.39, 0.29) is 18.8 Å². The van der Waals surface area contributed by atoms with E-state index in [1.165, 1.54) is 19.1 Å². The first kappa shape index (κ1) is 20.9. The first-order valence-electron chi connectivity index (χ1n) is 5.20. The predicted molar refractivity (Wildman–Crippen MR) is 87.0 cm³/mol. The molecule has 0 rings (SSSR count). The Hall–Kier alpha value is -0.380. The first-order chi connectivity index (χ1) is 8.96. The number of esters is 1. The highest BCUT2D eigenvalue weighted by Crippen LogP contribution is 2.14. The fourth-order valence-corrected chi connectivity index (χ4v) is 1.23. The number of ketones is 1. The van der Waals surface area contributed by atoms with E-state index < -0.39 is 11.5 Å². The van der Waals surface area contributed by atoms with Gasteiger partial charge in [-0.2, -0.15) is 0 Å². The van der Waals surface area contributed by atoms with Gasteiger partial charge in [0.2, 0.25) is 0 Å². The van der Waals surface area contributed by atoms with Crippen molar-refractivity contribution in [3.05, 3.63) is 25.3 Å². The lowest BCUT2D eigenvalue weighted by atomic mass is 9.91. The lowest BCUT2D eigenvalue weighted by Gasteiger charge is -2.26. The number of hydrogen-bond acceptors (Lipinski definition) is 6. The highest BCUT2D eigenvalue weighted by molar-refractivity contribution is 8.40. The Bertz CT molecular complexity index is 358. The smallest absolute Gasteiger partial charge is 0.334 e. The summed E-state index contributed by atoms with van der Waals surface area (Å²) in [6.07, 6.45) is 3.16. The van der Waals surface area contributed by atoms with Gasteiger partial charge < -0.3 is 4.74 Å². The number of likely N-dealkylation sites (N-methyl/N-ethyl adjacent to an activating group) is 1. The van der Waals surface area contributed by atoms with E-state index in [1.54, 1.807) is 7.05 Å². The van der Waals surface area contributed by atoms with Crippen LogP contribution in [0.1, 0.15) is 13.3 Å². The molecule has 0 aliphatic rings. The second kappa shape index (κ2) is 12.6. The summed E-state index contributed by atoms with van der Waals surface area (Å²) in [4.78, 5) is 23.1. The third-order valence-electron chi connectivity index (χ3n) is 2.19. The molecule has 0 aliphatic carbocycles. The lowest BCUT2D eigenvalue weighted by molar-refractivity contribution is -0.153. The third-order valence-corrected chi connectivity index (χ3v) is 4.86. The van der Waals surface area contributed by atoms with Crippen molar-refractivity contribution in [1.82, 2.24) is 5.32 Å². The average molecular weight is 337 g/mol. The fourth-order valence-electron chi connectivity index (χ4n) is 1.23. The van der Waals surface area contributed by atoms with Gasteiger partial charge in [-0.05, 0) is 37.6 Å². The molecule has 0 heterocycles. The summed E-state index contributed by atoms with van der Waals surface area (Å²) >= 11 is 8.82. The normalized spacial score (nSPS) is 12.7. The van der Waals surface area contributed by atoms with Crippen LogP contribution in [0.2, 0.25) is 0 Å². The molecular weight excluding hydrogens is 320 g/mol. The van der Waals surface area contributed by atoms with Crippen LogP contribution in [0, 0.1) is 0 Å². The van der Waals surface area contributed by atoms with Gasteiger partial charge in [0.15, 0.2) is 11.3 Å². The summed E-state index contributed by atoms with van der Waals surface area (Å²) in [5.74, 6) is -0.892. The van der Waals surface area contributed by atoms with Crippen LogP contribution >= 0.6 is 14.1 Å². The van der Waals surface area contributed by atoms with E-state index in [1.807, 2.05) is 0 Å². The minimum atomic E-state index is -1.31. The van der Waals surface area contributed by atoms with Crippen molar-refractivity contribution in [3.8, 4) is 0 Å². The van der Waals surface area contributed by atoms with E-state index >= 15 is 0 Å². The SMILES string of the molecule is C=CCOC(=O)C(CC=C)(NC)C(C)=O.S=PP=S. The molecule has 0 aromatic rings. The monoisotopic (exact) mass is 337 g/mol. The minimum absolute atomic E-state index is 0.0900. The van der Waals surface area contributed by atoms with Crippen LogP contribution in [0.4, 0.5) is 0 Å². The van der Waals surface area contributed by atoms with Gasteiger partial charge in [0.05, 0.1) is 0 Å². The molecule has 0 radical (unpaired) electrons. The minimum Gasteiger partial charge on any atom is -0.460 e. The number of carbonyl (C=O) groups excluding carboxylic acids is 2. The molecule has 1 atom stereocenters. The zero-order chi connectivity index (χ0) is 15.3. The second-order valence-electron chi connectivity index (χ2n) is 3.25. The summed E-state index contributed by atoms with van der Waals surface area (Å²) in [5, 5.41) is 2.69. The molecule has 0 aliphatic heterocycles. The Morgan fingerprint density at radius 3 is 2.11 bits per heavy atom. The van der Waals surface area contributed by atoms with Gasteiger partial charge in [-0.3, -0.25) is 10.1 Å². The standard InChI is InChI=1S/C11H17NO3.P2S2/c1-5-7-11(12-4,9(3)13)10(14)15-8-6-2;3-1-2-4/h5-6,12H,1-2,7-8H2,3-4H3;. The largest absolute Gasteiger partial charge is 0.460 e. The van der Waals surface area contributed by atoms with Crippen molar-refractivity contribution >= 4 is 49.5 Å². The summed E-state index contributed by atoms with van der Waals surface area (Å²) in [6.45, 7) is 8.38. The van der Waals surface area contributed by atoms with Gasteiger partial charge in [-0.1, -0.05) is 18.7 Å². The molecule has 0 bridgehead atoms. The number of nitrogens with one attached hydrogen (secondary N) is 1. The van der Waals surface area contributed by atoms with Crippen LogP contribution in [0.3, 0.4) is 0 Å². The molecule has 1 unspecified atom stereocenters. The van der Waals surface area contributed by atoms with Crippen molar-refractivity contribution in [3.63, 3.8) is 0 Å². The van der Waals surface area contributed by atoms with Crippen LogP contribution in [-0.2, 0) is 37.9 Å². The Labute approximate surface area is 127 Å². The van der Waals surface area contributed by atoms with Crippen LogP contribution in [0.5, 0.6) is 0 Å². The quantitative estimate of drug-likeness (QED) is 0.318. The summed E-state index contributed by atoms with van der Waals surface area (Å²) in [6, 6.07) is 0. The molecule has 0 aromatic carbocycles. The van der Waals surface area contributed by atoms with E-state index in [0.717, 1.165) is 14.1 Å². The van der Waals surface area contributed by atoms with Gasteiger partial charge in [0.1, 0.15) is 6.61 Å². The van der Waals surface area contributed by atoms with E-state index in [2.05, 4.69) is 42.1 Å².